The number of nitrogens with zero attached hydrogens (tertiary/aromatic N) is 2. The van der Waals surface area contributed by atoms with Gasteiger partial charge in [-0.15, -0.1) is 6.42 Å². The average molecular weight is 586 g/mol. The Labute approximate surface area is 235 Å². The lowest BCUT2D eigenvalue weighted by Crippen LogP contribution is -2.42. The van der Waals surface area contributed by atoms with Crippen LogP contribution in [0.3, 0.4) is 0 Å². The number of fused-ring (bicyclic) bond motifs is 1. The number of hydrogen-bond donors (Lipinski definition) is 4. The highest BCUT2D eigenvalue weighted by Gasteiger charge is 2.26. The predicted octanol–water partition coefficient (Wildman–Crippen LogP) is 1.36. The van der Waals surface area contributed by atoms with E-state index in [-0.39, 0.29) is 29.9 Å². The number of sulfonamides is 1. The fourth-order valence-corrected chi connectivity index (χ4v) is 4.71. The fourth-order valence-electron chi connectivity index (χ4n) is 4.20. The number of carboxylic acids is 1. The molecule has 1 aromatic heterocycles. The number of amides is 2. The molecule has 12 nitrogen and oxygen atoms in total. The van der Waals surface area contributed by atoms with Gasteiger partial charge >= 0.3 is 5.97 Å². The Balaban J connectivity index is 1.94. The van der Waals surface area contributed by atoms with Crippen molar-refractivity contribution in [1.82, 2.24) is 20.0 Å². The number of aromatic amines is 1. The average Bonchev–Trinajstić information content (AvgIpc) is 2.85. The maximum Gasteiger partial charge on any atom is 0.326 e. The minimum absolute atomic E-state index is 0.00543. The maximum atomic E-state index is 15.3. The number of nitrogens with one attached hydrogen (secondary N) is 3. The van der Waals surface area contributed by atoms with E-state index in [0.29, 0.717) is 22.3 Å². The number of anilines is 1. The maximum absolute atomic E-state index is 15.3. The van der Waals surface area contributed by atoms with Gasteiger partial charge in [-0.1, -0.05) is 12.0 Å². The molecule has 1 heterocycles. The molecule has 3 rings (SSSR count). The smallest absolute Gasteiger partial charge is 0.326 e. The lowest BCUT2D eigenvalue weighted by atomic mass is 10.0. The van der Waals surface area contributed by atoms with Crippen molar-refractivity contribution in [1.29, 1.82) is 0 Å². The highest BCUT2D eigenvalue weighted by molar-refractivity contribution is 7.89. The Morgan fingerprint density at radius 2 is 1.95 bits per heavy atom. The molecular formula is C27H28FN5O7S. The predicted molar refractivity (Wildman–Crippen MR) is 149 cm³/mol. The monoisotopic (exact) mass is 585 g/mol. The van der Waals surface area contributed by atoms with E-state index >= 15 is 4.39 Å². The van der Waals surface area contributed by atoms with E-state index in [0.717, 1.165) is 17.9 Å². The van der Waals surface area contributed by atoms with Crippen LogP contribution in [0.4, 0.5) is 10.1 Å². The van der Waals surface area contributed by atoms with Crippen LogP contribution >= 0.6 is 0 Å². The van der Waals surface area contributed by atoms with Crippen molar-refractivity contribution in [2.45, 2.75) is 39.3 Å². The summed E-state index contributed by atoms with van der Waals surface area (Å²) >= 11 is 0. The molecule has 0 unspecified atom stereocenters. The first-order chi connectivity index (χ1) is 19.2. The summed E-state index contributed by atoms with van der Waals surface area (Å²) in [4.78, 5) is 57.7. The standard InChI is InChI=1S/C27H28FN5O7S/c1-5-11-33(14-17-13-19-22(12-15(17)2)29-16(3)30-26(19)36)24-18(7-6-8-20(24)28)25(35)31-21(27(37)38)9-10-23(34)32-41(4,39)40/h1,6-8,12-13,21H,9-11,14H2,2-4H3,(H,31,35)(H,32,34)(H,37,38)(H,29,30,36)/t21-/m0/s1. The highest BCUT2D eigenvalue weighted by Crippen LogP contribution is 2.28. The number of rotatable bonds is 11. The van der Waals surface area contributed by atoms with E-state index in [2.05, 4.69) is 21.2 Å². The lowest BCUT2D eigenvalue weighted by Gasteiger charge is -2.27. The molecule has 0 saturated carbocycles. The summed E-state index contributed by atoms with van der Waals surface area (Å²) in [6.45, 7) is 3.29. The van der Waals surface area contributed by atoms with E-state index in [4.69, 9.17) is 6.42 Å². The van der Waals surface area contributed by atoms with E-state index in [1.165, 1.54) is 17.0 Å². The van der Waals surface area contributed by atoms with Crippen LogP contribution in [0.25, 0.3) is 10.9 Å². The van der Waals surface area contributed by atoms with Crippen molar-refractivity contribution in [3.05, 3.63) is 69.0 Å². The highest BCUT2D eigenvalue weighted by atomic mass is 32.2. The SMILES string of the molecule is C#CCN(Cc1cc2c(=O)[nH]c(C)nc2cc1C)c1c(F)cccc1C(=O)N[C@@H](CCC(=O)NS(C)(=O)=O)C(=O)O. The van der Waals surface area contributed by atoms with Gasteiger partial charge in [-0.3, -0.25) is 19.1 Å². The molecule has 0 aliphatic carbocycles. The van der Waals surface area contributed by atoms with Gasteiger partial charge in [-0.2, -0.15) is 0 Å². The van der Waals surface area contributed by atoms with Crippen molar-refractivity contribution in [2.75, 3.05) is 17.7 Å². The van der Waals surface area contributed by atoms with E-state index < -0.39 is 52.5 Å². The van der Waals surface area contributed by atoms with Gasteiger partial charge < -0.3 is 20.3 Å². The minimum atomic E-state index is -3.85. The fraction of sp³-hybridized carbons (Fsp3) is 0.296. The van der Waals surface area contributed by atoms with Gasteiger partial charge in [0, 0.05) is 13.0 Å². The molecule has 0 spiro atoms. The van der Waals surface area contributed by atoms with Gasteiger partial charge in [0.1, 0.15) is 17.7 Å². The van der Waals surface area contributed by atoms with Gasteiger partial charge in [0.05, 0.1) is 35.0 Å². The van der Waals surface area contributed by atoms with Crippen molar-refractivity contribution in [2.24, 2.45) is 0 Å². The zero-order valence-corrected chi connectivity index (χ0v) is 23.3. The molecule has 41 heavy (non-hydrogen) atoms. The van der Waals surface area contributed by atoms with Gasteiger partial charge in [0.15, 0.2) is 0 Å². The first-order valence-electron chi connectivity index (χ1n) is 12.2. The van der Waals surface area contributed by atoms with Gasteiger partial charge in [0.25, 0.3) is 11.5 Å². The number of terminal acetylenes is 1. The van der Waals surface area contributed by atoms with Crippen molar-refractivity contribution >= 4 is 44.4 Å². The molecule has 0 saturated heterocycles. The Morgan fingerprint density at radius 1 is 1.24 bits per heavy atom. The quantitative estimate of drug-likeness (QED) is 0.242. The number of aryl methyl sites for hydroxylation is 2. The van der Waals surface area contributed by atoms with Crippen LogP contribution in [0, 0.1) is 32.0 Å². The number of halogens is 1. The van der Waals surface area contributed by atoms with Crippen LogP contribution in [0.15, 0.2) is 35.1 Å². The molecule has 2 aromatic carbocycles. The Hall–Kier alpha value is -4.77. The topological polar surface area (TPSA) is 179 Å². The summed E-state index contributed by atoms with van der Waals surface area (Å²) in [5.74, 6) is -1.32. The van der Waals surface area contributed by atoms with Crippen LogP contribution in [0.5, 0.6) is 0 Å². The Morgan fingerprint density at radius 3 is 2.59 bits per heavy atom. The molecule has 3 aromatic rings. The molecule has 1 atom stereocenters. The molecule has 0 bridgehead atoms. The number of aliphatic carboxylic acids is 1. The number of benzene rings is 2. The first kappa shape index (κ1) is 30.8. The van der Waals surface area contributed by atoms with E-state index in [1.54, 1.807) is 30.7 Å². The Bertz CT molecular complexity index is 1730. The van der Waals surface area contributed by atoms with Crippen molar-refractivity contribution in [3.63, 3.8) is 0 Å². The number of para-hydroxylation sites is 1. The third kappa shape index (κ3) is 7.89. The summed E-state index contributed by atoms with van der Waals surface area (Å²) < 4.78 is 39.4. The number of carbonyl (C=O) groups excluding carboxylic acids is 2. The number of hydrogen-bond acceptors (Lipinski definition) is 8. The first-order valence-corrected chi connectivity index (χ1v) is 14.1. The molecule has 216 valence electrons. The normalized spacial score (nSPS) is 11.9. The summed E-state index contributed by atoms with van der Waals surface area (Å²) in [7, 11) is -3.85. The largest absolute Gasteiger partial charge is 0.480 e. The van der Waals surface area contributed by atoms with Crippen LogP contribution < -0.4 is 20.5 Å². The van der Waals surface area contributed by atoms with Crippen molar-refractivity contribution in [3.8, 4) is 12.3 Å². The van der Waals surface area contributed by atoms with Crippen molar-refractivity contribution < 1.29 is 32.3 Å². The zero-order valence-electron chi connectivity index (χ0n) is 22.4. The van der Waals surface area contributed by atoms with Gasteiger partial charge in [-0.05, 0) is 55.7 Å². The van der Waals surface area contributed by atoms with E-state index in [9.17, 15) is 32.7 Å². The summed E-state index contributed by atoms with van der Waals surface area (Å²) in [6.07, 6.45) is 5.38. The van der Waals surface area contributed by atoms with Gasteiger partial charge in [0.2, 0.25) is 15.9 Å². The second kappa shape index (κ2) is 12.6. The lowest BCUT2D eigenvalue weighted by molar-refractivity contribution is -0.139. The number of aromatic nitrogens is 2. The summed E-state index contributed by atoms with van der Waals surface area (Å²) in [6, 6.07) is 5.42. The second-order valence-electron chi connectivity index (χ2n) is 9.34. The number of H-pyrrole nitrogens is 1. The third-order valence-electron chi connectivity index (χ3n) is 6.04. The summed E-state index contributed by atoms with van der Waals surface area (Å²) in [5, 5.41) is 12.1. The van der Waals surface area contributed by atoms with Crippen LogP contribution in [-0.2, 0) is 26.2 Å². The minimum Gasteiger partial charge on any atom is -0.480 e. The van der Waals surface area contributed by atoms with Crippen LogP contribution in [0.2, 0.25) is 0 Å². The number of carboxylic acid groups (broad SMARTS) is 1. The number of carbonyl (C=O) groups is 3. The molecule has 4 N–H and O–H groups in total. The second-order valence-corrected chi connectivity index (χ2v) is 11.1. The Kier molecular flexibility index (Phi) is 9.46. The molecule has 0 aliphatic rings. The molecule has 0 radical (unpaired) electrons. The van der Waals surface area contributed by atoms with Crippen LogP contribution in [0.1, 0.15) is 40.2 Å². The molecule has 0 aliphatic heterocycles. The zero-order chi connectivity index (χ0) is 30.5. The summed E-state index contributed by atoms with van der Waals surface area (Å²) in [5.41, 5.74) is 1.05. The van der Waals surface area contributed by atoms with Gasteiger partial charge in [-0.25, -0.2) is 22.6 Å². The van der Waals surface area contributed by atoms with Crippen LogP contribution in [-0.4, -0.2) is 60.1 Å². The third-order valence-corrected chi connectivity index (χ3v) is 6.63. The molecule has 0 fully saturated rings. The molecule has 2 amide bonds. The van der Waals surface area contributed by atoms with E-state index in [1.807, 2.05) is 0 Å². The molecule has 14 heteroatoms. The molecular weight excluding hydrogens is 557 g/mol.